The fourth-order valence-corrected chi connectivity index (χ4v) is 5.38. The van der Waals surface area contributed by atoms with Gasteiger partial charge in [0.2, 0.25) is 10.0 Å². The summed E-state index contributed by atoms with van der Waals surface area (Å²) in [7, 11) is -3.53. The second kappa shape index (κ2) is 6.74. The fourth-order valence-electron chi connectivity index (χ4n) is 3.77. The number of benzene rings is 2. The molecule has 1 aliphatic heterocycles. The SMILES string of the molecule is C[C@@H]1CN(S(=O)(=O)c2ccc(-c3c[nH]c4cc(F)ccc34)cc2)C[C@@H](C)N1. The lowest BCUT2D eigenvalue weighted by Crippen LogP contribution is -2.55. The van der Waals surface area contributed by atoms with E-state index in [2.05, 4.69) is 10.3 Å². The predicted octanol–water partition coefficient (Wildman–Crippen LogP) is 3.34. The Balaban J connectivity index is 1.65. The summed E-state index contributed by atoms with van der Waals surface area (Å²) < 4.78 is 40.9. The van der Waals surface area contributed by atoms with E-state index >= 15 is 0 Å². The zero-order chi connectivity index (χ0) is 19.2. The summed E-state index contributed by atoms with van der Waals surface area (Å²) >= 11 is 0. The van der Waals surface area contributed by atoms with Crippen LogP contribution >= 0.6 is 0 Å². The summed E-state index contributed by atoms with van der Waals surface area (Å²) in [5, 5.41) is 4.24. The Bertz CT molecular complexity index is 1070. The molecule has 1 aliphatic rings. The minimum atomic E-state index is -3.53. The first-order valence-corrected chi connectivity index (χ1v) is 10.4. The zero-order valence-corrected chi connectivity index (χ0v) is 16.1. The quantitative estimate of drug-likeness (QED) is 0.724. The third-order valence-electron chi connectivity index (χ3n) is 4.97. The molecule has 0 spiro atoms. The number of piperazine rings is 1. The molecule has 0 radical (unpaired) electrons. The predicted molar refractivity (Wildman–Crippen MR) is 105 cm³/mol. The lowest BCUT2D eigenvalue weighted by molar-refractivity contribution is 0.263. The average Bonchev–Trinajstić information content (AvgIpc) is 3.04. The van der Waals surface area contributed by atoms with E-state index < -0.39 is 10.0 Å². The van der Waals surface area contributed by atoms with Crippen LogP contribution in [0.2, 0.25) is 0 Å². The van der Waals surface area contributed by atoms with Gasteiger partial charge in [0, 0.05) is 47.8 Å². The summed E-state index contributed by atoms with van der Waals surface area (Å²) in [6, 6.07) is 11.7. The van der Waals surface area contributed by atoms with Crippen molar-refractivity contribution in [3.63, 3.8) is 0 Å². The van der Waals surface area contributed by atoms with Gasteiger partial charge < -0.3 is 10.3 Å². The van der Waals surface area contributed by atoms with E-state index in [9.17, 15) is 12.8 Å². The highest BCUT2D eigenvalue weighted by atomic mass is 32.2. The Morgan fingerprint density at radius 1 is 1.04 bits per heavy atom. The highest BCUT2D eigenvalue weighted by Crippen LogP contribution is 2.30. The summed E-state index contributed by atoms with van der Waals surface area (Å²) in [5.41, 5.74) is 2.51. The molecule has 4 rings (SSSR count). The number of hydrogen-bond acceptors (Lipinski definition) is 3. The van der Waals surface area contributed by atoms with Crippen LogP contribution < -0.4 is 5.32 Å². The maximum Gasteiger partial charge on any atom is 0.243 e. The Morgan fingerprint density at radius 3 is 2.37 bits per heavy atom. The molecular weight excluding hydrogens is 365 g/mol. The molecule has 1 aromatic heterocycles. The second-order valence-corrected chi connectivity index (χ2v) is 9.15. The van der Waals surface area contributed by atoms with Gasteiger partial charge in [-0.05, 0) is 49.7 Å². The van der Waals surface area contributed by atoms with Crippen molar-refractivity contribution >= 4 is 20.9 Å². The monoisotopic (exact) mass is 387 g/mol. The number of hydrogen-bond donors (Lipinski definition) is 2. The number of aromatic amines is 1. The fraction of sp³-hybridized carbons (Fsp3) is 0.300. The molecule has 1 saturated heterocycles. The van der Waals surface area contributed by atoms with Gasteiger partial charge in [-0.25, -0.2) is 12.8 Å². The van der Waals surface area contributed by atoms with Crippen molar-refractivity contribution < 1.29 is 12.8 Å². The molecule has 1 fully saturated rings. The molecule has 142 valence electrons. The number of fused-ring (bicyclic) bond motifs is 1. The number of nitrogens with one attached hydrogen (secondary N) is 2. The maximum absolute atomic E-state index is 13.4. The first-order chi connectivity index (χ1) is 12.8. The number of H-pyrrole nitrogens is 1. The number of sulfonamides is 1. The molecule has 3 aromatic rings. The van der Waals surface area contributed by atoms with E-state index in [1.165, 1.54) is 12.1 Å². The van der Waals surface area contributed by atoms with Gasteiger partial charge in [-0.15, -0.1) is 0 Å². The van der Waals surface area contributed by atoms with Crippen molar-refractivity contribution in [1.29, 1.82) is 0 Å². The van der Waals surface area contributed by atoms with Crippen LogP contribution in [-0.4, -0.2) is 42.9 Å². The van der Waals surface area contributed by atoms with Crippen LogP contribution in [0.5, 0.6) is 0 Å². The van der Waals surface area contributed by atoms with Gasteiger partial charge in [-0.2, -0.15) is 4.31 Å². The van der Waals surface area contributed by atoms with Crippen LogP contribution in [0.1, 0.15) is 13.8 Å². The molecule has 2 heterocycles. The van der Waals surface area contributed by atoms with Crippen LogP contribution in [0.25, 0.3) is 22.0 Å². The summed E-state index contributed by atoms with van der Waals surface area (Å²) in [6.45, 7) is 4.90. The lowest BCUT2D eigenvalue weighted by Gasteiger charge is -2.35. The molecular formula is C20H22FN3O2S. The van der Waals surface area contributed by atoms with Crippen LogP contribution in [-0.2, 0) is 10.0 Å². The molecule has 0 bridgehead atoms. The maximum atomic E-state index is 13.4. The van der Waals surface area contributed by atoms with Gasteiger partial charge in [0.25, 0.3) is 0 Å². The Labute approximate surface area is 158 Å². The Morgan fingerprint density at radius 2 is 1.70 bits per heavy atom. The Kier molecular flexibility index (Phi) is 4.53. The summed E-state index contributed by atoms with van der Waals surface area (Å²) in [4.78, 5) is 3.35. The molecule has 0 amide bonds. The van der Waals surface area contributed by atoms with Crippen LogP contribution in [0.4, 0.5) is 4.39 Å². The Hall–Kier alpha value is -2.22. The van der Waals surface area contributed by atoms with Crippen molar-refractivity contribution in [3.05, 3.63) is 54.5 Å². The molecule has 5 nitrogen and oxygen atoms in total. The normalized spacial score (nSPS) is 21.6. The van der Waals surface area contributed by atoms with Gasteiger partial charge in [0.1, 0.15) is 5.82 Å². The standard InChI is InChI=1S/C20H22FN3O2S/c1-13-11-24(12-14(2)23-13)27(25,26)17-6-3-15(4-7-17)19-10-22-20-9-16(21)5-8-18(19)20/h3-10,13-14,22-23H,11-12H2,1-2H3/t13-,14-/m1/s1. The number of rotatable bonds is 3. The van der Waals surface area contributed by atoms with Crippen molar-refractivity contribution in [3.8, 4) is 11.1 Å². The molecule has 2 N–H and O–H groups in total. The van der Waals surface area contributed by atoms with Gasteiger partial charge in [-0.1, -0.05) is 12.1 Å². The van der Waals surface area contributed by atoms with Crippen LogP contribution in [0.3, 0.4) is 0 Å². The summed E-state index contributed by atoms with van der Waals surface area (Å²) in [6.07, 6.45) is 1.81. The number of nitrogens with zero attached hydrogens (tertiary/aromatic N) is 1. The van der Waals surface area contributed by atoms with Gasteiger partial charge in [0.15, 0.2) is 0 Å². The smallest absolute Gasteiger partial charge is 0.243 e. The van der Waals surface area contributed by atoms with E-state index in [4.69, 9.17) is 0 Å². The van der Waals surface area contributed by atoms with Crippen molar-refractivity contribution in [2.45, 2.75) is 30.8 Å². The first-order valence-electron chi connectivity index (χ1n) is 8.98. The molecule has 0 unspecified atom stereocenters. The van der Waals surface area contributed by atoms with E-state index in [1.54, 1.807) is 34.6 Å². The van der Waals surface area contributed by atoms with Gasteiger partial charge >= 0.3 is 0 Å². The second-order valence-electron chi connectivity index (χ2n) is 7.21. The zero-order valence-electron chi connectivity index (χ0n) is 15.2. The van der Waals surface area contributed by atoms with Crippen molar-refractivity contribution in [2.75, 3.05) is 13.1 Å². The molecule has 27 heavy (non-hydrogen) atoms. The highest BCUT2D eigenvalue weighted by molar-refractivity contribution is 7.89. The molecule has 0 aliphatic carbocycles. The summed E-state index contributed by atoms with van der Waals surface area (Å²) in [5.74, 6) is -0.295. The van der Waals surface area contributed by atoms with E-state index in [0.717, 1.165) is 16.5 Å². The molecule has 0 saturated carbocycles. The van der Waals surface area contributed by atoms with E-state index in [0.29, 0.717) is 23.5 Å². The minimum absolute atomic E-state index is 0.120. The van der Waals surface area contributed by atoms with Gasteiger partial charge in [-0.3, -0.25) is 0 Å². The van der Waals surface area contributed by atoms with Gasteiger partial charge in [0.05, 0.1) is 4.90 Å². The highest BCUT2D eigenvalue weighted by Gasteiger charge is 2.31. The minimum Gasteiger partial charge on any atom is -0.360 e. The molecule has 2 atom stereocenters. The lowest BCUT2D eigenvalue weighted by atomic mass is 10.1. The van der Waals surface area contributed by atoms with Crippen LogP contribution in [0, 0.1) is 5.82 Å². The van der Waals surface area contributed by atoms with Crippen molar-refractivity contribution in [1.82, 2.24) is 14.6 Å². The van der Waals surface area contributed by atoms with E-state index in [1.807, 2.05) is 20.0 Å². The number of aromatic nitrogens is 1. The van der Waals surface area contributed by atoms with Crippen molar-refractivity contribution in [2.24, 2.45) is 0 Å². The molecule has 2 aromatic carbocycles. The third kappa shape index (κ3) is 3.38. The topological polar surface area (TPSA) is 65.2 Å². The van der Waals surface area contributed by atoms with Crippen LogP contribution in [0.15, 0.2) is 53.6 Å². The number of halogens is 1. The third-order valence-corrected chi connectivity index (χ3v) is 6.82. The first kappa shape index (κ1) is 18.2. The average molecular weight is 387 g/mol. The van der Waals surface area contributed by atoms with E-state index in [-0.39, 0.29) is 17.9 Å². The largest absolute Gasteiger partial charge is 0.360 e. The molecule has 7 heteroatoms.